The van der Waals surface area contributed by atoms with Gasteiger partial charge in [0, 0.05) is 33.0 Å². The molecule has 0 aliphatic carbocycles. The third-order valence-corrected chi connectivity index (χ3v) is 9.34. The normalized spacial score (nSPS) is 11.0. The van der Waals surface area contributed by atoms with Crippen LogP contribution >= 0.6 is 0 Å². The zero-order valence-corrected chi connectivity index (χ0v) is 28.2. The fraction of sp³-hybridized carbons (Fsp3) is 0. The molecule has 0 bridgehead atoms. The van der Waals surface area contributed by atoms with Crippen LogP contribution in [0, 0.1) is 13.1 Å². The van der Waals surface area contributed by atoms with Gasteiger partial charge in [-0.1, -0.05) is 133 Å². The van der Waals surface area contributed by atoms with Crippen LogP contribution in [0.2, 0.25) is 0 Å². The maximum atomic E-state index is 7.63. The molecular formula is C47H27N5O. The van der Waals surface area contributed by atoms with Crippen molar-refractivity contribution in [2.24, 2.45) is 0 Å². The smallest absolute Gasteiger partial charge is 0.187 e. The largest absolute Gasteiger partial charge is 0.455 e. The highest BCUT2D eigenvalue weighted by Crippen LogP contribution is 2.44. The molecule has 0 saturated heterocycles. The second-order valence-electron chi connectivity index (χ2n) is 12.6. The van der Waals surface area contributed by atoms with Gasteiger partial charge in [0.1, 0.15) is 11.2 Å². The van der Waals surface area contributed by atoms with Crippen LogP contribution in [-0.4, -0.2) is 15.0 Å². The molecule has 0 atom stereocenters. The van der Waals surface area contributed by atoms with Gasteiger partial charge in [-0.25, -0.2) is 24.6 Å². The van der Waals surface area contributed by atoms with Crippen molar-refractivity contribution in [3.8, 4) is 67.5 Å². The van der Waals surface area contributed by atoms with E-state index in [2.05, 4.69) is 52.2 Å². The van der Waals surface area contributed by atoms with E-state index in [1.807, 2.05) is 115 Å². The number of rotatable bonds is 6. The van der Waals surface area contributed by atoms with E-state index >= 15 is 0 Å². The minimum Gasteiger partial charge on any atom is -0.455 e. The number of aromatic nitrogens is 3. The number of hydrogen-bond donors (Lipinski definition) is 0. The lowest BCUT2D eigenvalue weighted by Crippen LogP contribution is -2.00. The predicted molar refractivity (Wildman–Crippen MR) is 212 cm³/mol. The van der Waals surface area contributed by atoms with Crippen molar-refractivity contribution in [2.75, 3.05) is 0 Å². The molecule has 246 valence electrons. The van der Waals surface area contributed by atoms with Crippen molar-refractivity contribution < 1.29 is 4.42 Å². The van der Waals surface area contributed by atoms with Crippen LogP contribution in [0.3, 0.4) is 0 Å². The highest BCUT2D eigenvalue weighted by Gasteiger charge is 2.19. The SMILES string of the molecule is [C-]#[N+]c1cccc(-c2cc(-c3cccc([N+]#[C-])c3)c3oc4cccc(-c5ccc(-c6nc(-c7ccccc7)nc(-c7ccccc7)n6)cc5)c4c3c2)c1. The molecule has 0 radical (unpaired) electrons. The van der Waals surface area contributed by atoms with Crippen LogP contribution in [0.5, 0.6) is 0 Å². The third kappa shape index (κ3) is 5.87. The summed E-state index contributed by atoms with van der Waals surface area (Å²) in [6.07, 6.45) is 0. The van der Waals surface area contributed by atoms with Gasteiger partial charge in [0.05, 0.1) is 13.1 Å². The van der Waals surface area contributed by atoms with Gasteiger partial charge in [0.25, 0.3) is 0 Å². The monoisotopic (exact) mass is 677 g/mol. The Kier molecular flexibility index (Phi) is 7.82. The van der Waals surface area contributed by atoms with Gasteiger partial charge in [0.2, 0.25) is 0 Å². The first-order chi connectivity index (χ1) is 26.1. The zero-order chi connectivity index (χ0) is 35.7. The summed E-state index contributed by atoms with van der Waals surface area (Å²) in [5.74, 6) is 1.82. The summed E-state index contributed by atoms with van der Waals surface area (Å²) in [7, 11) is 0. The van der Waals surface area contributed by atoms with Gasteiger partial charge in [-0.2, -0.15) is 0 Å². The maximum Gasteiger partial charge on any atom is 0.187 e. The zero-order valence-electron chi connectivity index (χ0n) is 28.2. The fourth-order valence-corrected chi connectivity index (χ4v) is 6.78. The Hall–Kier alpha value is -7.67. The first kappa shape index (κ1) is 31.3. The molecule has 53 heavy (non-hydrogen) atoms. The average molecular weight is 678 g/mol. The van der Waals surface area contributed by atoms with Crippen molar-refractivity contribution in [3.63, 3.8) is 0 Å². The molecule has 7 aromatic carbocycles. The highest BCUT2D eigenvalue weighted by atomic mass is 16.3. The molecule has 2 heterocycles. The van der Waals surface area contributed by atoms with Crippen LogP contribution in [0.4, 0.5) is 11.4 Å². The van der Waals surface area contributed by atoms with Crippen LogP contribution < -0.4 is 0 Å². The lowest BCUT2D eigenvalue weighted by atomic mass is 9.93. The van der Waals surface area contributed by atoms with E-state index in [1.165, 1.54) is 0 Å². The number of nitrogens with zero attached hydrogens (tertiary/aromatic N) is 5. The van der Waals surface area contributed by atoms with Crippen LogP contribution in [0.25, 0.3) is 99.2 Å². The van der Waals surface area contributed by atoms with Gasteiger partial charge >= 0.3 is 0 Å². The van der Waals surface area contributed by atoms with Crippen LogP contribution in [0.15, 0.2) is 168 Å². The first-order valence-electron chi connectivity index (χ1n) is 17.1. The first-order valence-corrected chi connectivity index (χ1v) is 17.1. The maximum absolute atomic E-state index is 7.63. The molecule has 9 aromatic rings. The molecule has 0 spiro atoms. The third-order valence-electron chi connectivity index (χ3n) is 9.34. The summed E-state index contributed by atoms with van der Waals surface area (Å²) in [5, 5.41) is 1.94. The topological polar surface area (TPSA) is 60.5 Å². The summed E-state index contributed by atoms with van der Waals surface area (Å²) in [6.45, 7) is 15.2. The van der Waals surface area contributed by atoms with Crippen LogP contribution in [-0.2, 0) is 0 Å². The Morgan fingerprint density at radius 2 is 0.906 bits per heavy atom. The molecular weight excluding hydrogens is 651 g/mol. The Morgan fingerprint density at radius 1 is 0.396 bits per heavy atom. The second kappa shape index (κ2) is 13.2. The Labute approximate surface area is 306 Å². The van der Waals surface area contributed by atoms with E-state index in [0.29, 0.717) is 28.8 Å². The summed E-state index contributed by atoms with van der Waals surface area (Å²) in [5.41, 5.74) is 11.0. The summed E-state index contributed by atoms with van der Waals surface area (Å²) < 4.78 is 6.66. The molecule has 2 aromatic heterocycles. The Morgan fingerprint density at radius 3 is 1.51 bits per heavy atom. The molecule has 0 unspecified atom stereocenters. The van der Waals surface area contributed by atoms with E-state index in [9.17, 15) is 0 Å². The van der Waals surface area contributed by atoms with Crippen molar-refractivity contribution in [2.45, 2.75) is 0 Å². The van der Waals surface area contributed by atoms with Gasteiger partial charge < -0.3 is 4.42 Å². The molecule has 0 saturated carbocycles. The number of benzene rings is 7. The van der Waals surface area contributed by atoms with Gasteiger partial charge in [0.15, 0.2) is 28.8 Å². The summed E-state index contributed by atoms with van der Waals surface area (Å²) in [6, 6.07) is 53.8. The van der Waals surface area contributed by atoms with Crippen molar-refractivity contribution >= 4 is 33.3 Å². The number of fused-ring (bicyclic) bond motifs is 3. The second-order valence-corrected chi connectivity index (χ2v) is 12.6. The molecule has 6 nitrogen and oxygen atoms in total. The van der Waals surface area contributed by atoms with Gasteiger partial charge in [-0.3, -0.25) is 0 Å². The summed E-state index contributed by atoms with van der Waals surface area (Å²) in [4.78, 5) is 22.0. The van der Waals surface area contributed by atoms with E-state index in [0.717, 1.165) is 72.0 Å². The molecule has 0 aliphatic heterocycles. The number of hydrogen-bond acceptors (Lipinski definition) is 4. The lowest BCUT2D eigenvalue weighted by Gasteiger charge is -2.10. The quantitative estimate of drug-likeness (QED) is 0.164. The van der Waals surface area contributed by atoms with Crippen molar-refractivity contribution in [1.29, 1.82) is 0 Å². The predicted octanol–water partition coefficient (Wildman–Crippen LogP) is 12.9. The highest BCUT2D eigenvalue weighted by molar-refractivity contribution is 6.16. The van der Waals surface area contributed by atoms with Gasteiger partial charge in [-0.05, 0) is 58.1 Å². The minimum absolute atomic E-state index is 0.554. The minimum atomic E-state index is 0.554. The molecule has 0 N–H and O–H groups in total. The molecule has 0 aliphatic rings. The molecule has 9 rings (SSSR count). The lowest BCUT2D eigenvalue weighted by molar-refractivity contribution is 0.670. The number of furan rings is 1. The van der Waals surface area contributed by atoms with Crippen LogP contribution in [0.1, 0.15) is 0 Å². The van der Waals surface area contributed by atoms with E-state index in [1.54, 1.807) is 6.07 Å². The van der Waals surface area contributed by atoms with E-state index < -0.39 is 0 Å². The molecule has 6 heteroatoms. The Bertz CT molecular complexity index is 2840. The summed E-state index contributed by atoms with van der Waals surface area (Å²) >= 11 is 0. The Balaban J connectivity index is 1.20. The van der Waals surface area contributed by atoms with E-state index in [-0.39, 0.29) is 0 Å². The van der Waals surface area contributed by atoms with Crippen molar-refractivity contribution in [1.82, 2.24) is 15.0 Å². The van der Waals surface area contributed by atoms with Gasteiger partial charge in [-0.15, -0.1) is 0 Å². The molecule has 0 amide bonds. The van der Waals surface area contributed by atoms with Crippen molar-refractivity contribution in [3.05, 3.63) is 187 Å². The molecule has 0 fully saturated rings. The fourth-order valence-electron chi connectivity index (χ4n) is 6.78. The standard InChI is InChI=1S/C47H27N5O/c1-48-37-18-9-16-34(26-37)36-28-40(35-17-10-19-38(27-35)49-2)44-41(29-36)43-39(20-11-21-42(43)53-44)30-22-24-33(25-23-30)47-51-45(31-12-5-3-6-13-31)50-46(52-47)32-14-7-4-8-15-32/h3-29H. The van der Waals surface area contributed by atoms with E-state index in [4.69, 9.17) is 32.5 Å². The average Bonchev–Trinajstić information content (AvgIpc) is 3.63.